The minimum Gasteiger partial charge on any atom is -0.497 e. The van der Waals surface area contributed by atoms with Crippen LogP contribution in [0.15, 0.2) is 42.5 Å². The first-order chi connectivity index (χ1) is 15.1. The van der Waals surface area contributed by atoms with Gasteiger partial charge in [-0.05, 0) is 73.7 Å². The Morgan fingerprint density at radius 2 is 1.45 bits per heavy atom. The summed E-state index contributed by atoms with van der Waals surface area (Å²) in [7, 11) is 1.61. The summed E-state index contributed by atoms with van der Waals surface area (Å²) in [6, 6.07) is 13.2. The highest BCUT2D eigenvalue weighted by molar-refractivity contribution is 5.99. The monoisotopic (exact) mass is 417 g/mol. The van der Waals surface area contributed by atoms with Crippen LogP contribution in [0, 0.1) is 0 Å². The molecule has 1 saturated heterocycles. The van der Waals surface area contributed by atoms with Crippen molar-refractivity contribution in [2.45, 2.75) is 25.7 Å². The summed E-state index contributed by atoms with van der Waals surface area (Å²) in [5.41, 5.74) is 5.21. The highest BCUT2D eigenvalue weighted by Crippen LogP contribution is 2.30. The molecule has 160 valence electrons. The van der Waals surface area contributed by atoms with Gasteiger partial charge in [-0.15, -0.1) is 0 Å². The minimum atomic E-state index is -0.00452. The molecule has 0 spiro atoms. The highest BCUT2D eigenvalue weighted by Gasteiger charge is 2.26. The molecule has 1 aromatic heterocycles. The predicted molar refractivity (Wildman–Crippen MR) is 120 cm³/mol. The third-order valence-corrected chi connectivity index (χ3v) is 6.54. The third-order valence-electron chi connectivity index (χ3n) is 6.54. The molecule has 31 heavy (non-hydrogen) atoms. The molecule has 5 rings (SSSR count). The van der Waals surface area contributed by atoms with Crippen LogP contribution in [-0.4, -0.2) is 59.9 Å². The van der Waals surface area contributed by atoms with Crippen molar-refractivity contribution < 1.29 is 14.3 Å². The van der Waals surface area contributed by atoms with Crippen molar-refractivity contribution in [2.24, 2.45) is 0 Å². The quantitative estimate of drug-likeness (QED) is 0.707. The summed E-state index contributed by atoms with van der Waals surface area (Å²) >= 11 is 0. The molecule has 1 N–H and O–H groups in total. The lowest BCUT2D eigenvalue weighted by atomic mass is 9.95. The number of H-pyrrole nitrogens is 1. The lowest BCUT2D eigenvalue weighted by Crippen LogP contribution is -2.50. The lowest BCUT2D eigenvalue weighted by molar-refractivity contribution is 0.0535. The number of fused-ring (bicyclic) bond motifs is 3. The summed E-state index contributed by atoms with van der Waals surface area (Å²) in [5, 5.41) is 1.19. The van der Waals surface area contributed by atoms with Crippen LogP contribution in [0.4, 0.5) is 0 Å². The highest BCUT2D eigenvalue weighted by atomic mass is 16.5. The predicted octanol–water partition coefficient (Wildman–Crippen LogP) is 3.65. The van der Waals surface area contributed by atoms with Crippen molar-refractivity contribution in [2.75, 3.05) is 33.3 Å². The normalized spacial score (nSPS) is 16.3. The maximum absolute atomic E-state index is 13.1. The number of hydrogen-bond acceptors (Lipinski definition) is 3. The number of carbonyl (C=O) groups excluding carboxylic acids is 2. The third kappa shape index (κ3) is 3.67. The molecular formula is C25H27N3O3. The van der Waals surface area contributed by atoms with Gasteiger partial charge >= 0.3 is 0 Å². The van der Waals surface area contributed by atoms with Gasteiger partial charge in [-0.2, -0.15) is 0 Å². The molecule has 2 heterocycles. The molecule has 2 aromatic carbocycles. The number of amides is 2. The number of aromatic nitrogens is 1. The fraction of sp³-hybridized carbons (Fsp3) is 0.360. The molecule has 2 aliphatic rings. The van der Waals surface area contributed by atoms with E-state index in [0.29, 0.717) is 31.7 Å². The summed E-state index contributed by atoms with van der Waals surface area (Å²) in [6.45, 7) is 2.17. The van der Waals surface area contributed by atoms with Gasteiger partial charge in [0.1, 0.15) is 5.75 Å². The standard InChI is InChI=1S/C25H27N3O3/c1-31-19-9-6-17(7-10-19)24(29)27-12-14-28(15-13-27)25(30)18-8-11-23-21(16-18)20-4-2-3-5-22(20)26-23/h6-11,16,26H,2-5,12-15H2,1H3. The Bertz CT molecular complexity index is 1120. The van der Waals surface area contributed by atoms with E-state index in [1.807, 2.05) is 28.0 Å². The molecule has 6 heteroatoms. The topological polar surface area (TPSA) is 65.6 Å². The zero-order chi connectivity index (χ0) is 21.4. The summed E-state index contributed by atoms with van der Waals surface area (Å²) in [5.74, 6) is 0.770. The SMILES string of the molecule is COc1ccc(C(=O)N2CCN(C(=O)c3ccc4[nH]c5c(c4c3)CCCC5)CC2)cc1. The Morgan fingerprint density at radius 3 is 2.13 bits per heavy atom. The molecule has 2 amide bonds. The molecule has 1 aliphatic heterocycles. The Morgan fingerprint density at radius 1 is 0.839 bits per heavy atom. The van der Waals surface area contributed by atoms with Crippen LogP contribution in [0.5, 0.6) is 5.75 Å². The minimum absolute atomic E-state index is 0.00452. The zero-order valence-corrected chi connectivity index (χ0v) is 17.8. The van der Waals surface area contributed by atoms with Crippen molar-refractivity contribution >= 4 is 22.7 Å². The van der Waals surface area contributed by atoms with E-state index in [1.54, 1.807) is 31.4 Å². The van der Waals surface area contributed by atoms with Crippen molar-refractivity contribution in [1.82, 2.24) is 14.8 Å². The lowest BCUT2D eigenvalue weighted by Gasteiger charge is -2.35. The Kier molecular flexibility index (Phi) is 5.14. The number of nitrogens with one attached hydrogen (secondary N) is 1. The molecule has 1 fully saturated rings. The molecular weight excluding hydrogens is 390 g/mol. The molecule has 6 nitrogen and oxygen atoms in total. The van der Waals surface area contributed by atoms with Gasteiger partial charge in [0, 0.05) is 53.9 Å². The van der Waals surface area contributed by atoms with E-state index in [4.69, 9.17) is 4.74 Å². The second-order valence-electron chi connectivity index (χ2n) is 8.36. The van der Waals surface area contributed by atoms with Gasteiger partial charge in [-0.25, -0.2) is 0 Å². The van der Waals surface area contributed by atoms with E-state index in [1.165, 1.54) is 29.5 Å². The van der Waals surface area contributed by atoms with E-state index >= 15 is 0 Å². The molecule has 1 aliphatic carbocycles. The molecule has 0 radical (unpaired) electrons. The number of piperazine rings is 1. The maximum atomic E-state index is 13.1. The molecule has 3 aromatic rings. The number of benzene rings is 2. The van der Waals surface area contributed by atoms with Gasteiger partial charge in [0.15, 0.2) is 0 Å². The Labute approximate surface area is 181 Å². The molecule has 0 atom stereocenters. The van der Waals surface area contributed by atoms with Gasteiger partial charge < -0.3 is 19.5 Å². The van der Waals surface area contributed by atoms with E-state index < -0.39 is 0 Å². The van der Waals surface area contributed by atoms with Crippen molar-refractivity contribution in [1.29, 1.82) is 0 Å². The first-order valence-corrected chi connectivity index (χ1v) is 11.0. The van der Waals surface area contributed by atoms with Crippen molar-refractivity contribution in [3.63, 3.8) is 0 Å². The number of methoxy groups -OCH3 is 1. The van der Waals surface area contributed by atoms with E-state index in [-0.39, 0.29) is 11.8 Å². The van der Waals surface area contributed by atoms with E-state index in [9.17, 15) is 9.59 Å². The van der Waals surface area contributed by atoms with Gasteiger partial charge in [0.25, 0.3) is 11.8 Å². The summed E-state index contributed by atoms with van der Waals surface area (Å²) in [6.07, 6.45) is 4.62. The zero-order valence-electron chi connectivity index (χ0n) is 17.8. The summed E-state index contributed by atoms with van der Waals surface area (Å²) in [4.78, 5) is 33.1. The summed E-state index contributed by atoms with van der Waals surface area (Å²) < 4.78 is 5.16. The van der Waals surface area contributed by atoms with Crippen molar-refractivity contribution in [3.05, 3.63) is 64.8 Å². The number of carbonyl (C=O) groups is 2. The van der Waals surface area contributed by atoms with Crippen LogP contribution in [0.25, 0.3) is 10.9 Å². The van der Waals surface area contributed by atoms with Crippen LogP contribution in [0.3, 0.4) is 0 Å². The number of hydrogen-bond donors (Lipinski definition) is 1. The second kappa shape index (κ2) is 8.10. The Balaban J connectivity index is 1.27. The first kappa shape index (κ1) is 19.7. The number of ether oxygens (including phenoxy) is 1. The molecule has 0 unspecified atom stereocenters. The second-order valence-corrected chi connectivity index (χ2v) is 8.36. The fourth-order valence-corrected chi connectivity index (χ4v) is 4.75. The van der Waals surface area contributed by atoms with E-state index in [2.05, 4.69) is 4.98 Å². The van der Waals surface area contributed by atoms with Gasteiger partial charge in [0.2, 0.25) is 0 Å². The van der Waals surface area contributed by atoms with Gasteiger partial charge in [-0.1, -0.05) is 0 Å². The van der Waals surface area contributed by atoms with Crippen LogP contribution >= 0.6 is 0 Å². The average Bonchev–Trinajstić information content (AvgIpc) is 3.21. The molecule has 0 bridgehead atoms. The largest absolute Gasteiger partial charge is 0.497 e. The van der Waals surface area contributed by atoms with Crippen molar-refractivity contribution in [3.8, 4) is 5.75 Å². The number of rotatable bonds is 3. The van der Waals surface area contributed by atoms with Crippen LogP contribution in [0.1, 0.15) is 44.8 Å². The number of aromatic amines is 1. The van der Waals surface area contributed by atoms with Gasteiger partial charge in [-0.3, -0.25) is 9.59 Å². The van der Waals surface area contributed by atoms with Crippen LogP contribution < -0.4 is 4.74 Å². The number of aryl methyl sites for hydroxylation is 2. The smallest absolute Gasteiger partial charge is 0.253 e. The molecule has 0 saturated carbocycles. The van der Waals surface area contributed by atoms with Crippen LogP contribution in [0.2, 0.25) is 0 Å². The van der Waals surface area contributed by atoms with E-state index in [0.717, 1.165) is 29.7 Å². The van der Waals surface area contributed by atoms with Crippen LogP contribution in [-0.2, 0) is 12.8 Å². The van der Waals surface area contributed by atoms with Gasteiger partial charge in [0.05, 0.1) is 7.11 Å². The fourth-order valence-electron chi connectivity index (χ4n) is 4.75. The Hall–Kier alpha value is -3.28. The first-order valence-electron chi connectivity index (χ1n) is 11.0. The number of nitrogens with zero attached hydrogens (tertiary/aromatic N) is 2. The maximum Gasteiger partial charge on any atom is 0.253 e. The average molecular weight is 418 g/mol.